The van der Waals surface area contributed by atoms with Crippen molar-refractivity contribution < 1.29 is 9.66 Å². The molecule has 1 N–H and O–H groups in total. The molecule has 0 saturated carbocycles. The van der Waals surface area contributed by atoms with Gasteiger partial charge < -0.3 is 10.1 Å². The zero-order valence-corrected chi connectivity index (χ0v) is 11.9. The van der Waals surface area contributed by atoms with E-state index in [4.69, 9.17) is 4.74 Å². The van der Waals surface area contributed by atoms with Crippen LogP contribution in [0, 0.1) is 17.0 Å². The fourth-order valence-electron chi connectivity index (χ4n) is 1.84. The van der Waals surface area contributed by atoms with Crippen LogP contribution in [0.3, 0.4) is 0 Å². The van der Waals surface area contributed by atoms with Crippen LogP contribution >= 0.6 is 0 Å². The average molecular weight is 288 g/mol. The van der Waals surface area contributed by atoms with Crippen LogP contribution in [0.25, 0.3) is 0 Å². The summed E-state index contributed by atoms with van der Waals surface area (Å²) < 4.78 is 5.50. The predicted octanol–water partition coefficient (Wildman–Crippen LogP) is 2.70. The Bertz CT molecular complexity index is 629. The number of nitrogens with zero attached hydrogens (tertiary/aromatic N) is 3. The molecule has 0 radical (unpaired) electrons. The lowest BCUT2D eigenvalue weighted by molar-refractivity contribution is -0.386. The number of nitrogens with one attached hydrogen (secondary N) is 1. The summed E-state index contributed by atoms with van der Waals surface area (Å²) >= 11 is 0. The number of nitro benzene ring substituents is 1. The van der Waals surface area contributed by atoms with Gasteiger partial charge in [0.2, 0.25) is 0 Å². The lowest BCUT2D eigenvalue weighted by atomic mass is 10.2. The van der Waals surface area contributed by atoms with Gasteiger partial charge in [-0.3, -0.25) is 15.1 Å². The van der Waals surface area contributed by atoms with E-state index < -0.39 is 4.92 Å². The maximum absolute atomic E-state index is 11.1. The molecule has 0 aliphatic rings. The van der Waals surface area contributed by atoms with E-state index in [1.165, 1.54) is 0 Å². The monoisotopic (exact) mass is 288 g/mol. The van der Waals surface area contributed by atoms with E-state index in [1.54, 1.807) is 37.5 Å². The van der Waals surface area contributed by atoms with Crippen molar-refractivity contribution in [2.45, 2.75) is 20.5 Å². The quantitative estimate of drug-likeness (QED) is 0.649. The molecule has 7 nitrogen and oxygen atoms in total. The van der Waals surface area contributed by atoms with E-state index in [2.05, 4.69) is 15.3 Å². The summed E-state index contributed by atoms with van der Waals surface area (Å²) in [6, 6.07) is 4.97. The SMILES string of the molecule is CCNc1cnc(COc2cccc(C)c2[N+](=O)[O-])cn1. The third-order valence-corrected chi connectivity index (χ3v) is 2.82. The molecule has 1 aromatic heterocycles. The Kier molecular flexibility index (Phi) is 4.65. The van der Waals surface area contributed by atoms with Crippen molar-refractivity contribution in [3.8, 4) is 5.75 Å². The van der Waals surface area contributed by atoms with E-state index in [0.717, 1.165) is 6.54 Å². The Hall–Kier alpha value is -2.70. The summed E-state index contributed by atoms with van der Waals surface area (Å²) in [5.41, 5.74) is 1.15. The van der Waals surface area contributed by atoms with Crippen molar-refractivity contribution in [3.05, 3.63) is 52.0 Å². The lowest BCUT2D eigenvalue weighted by Crippen LogP contribution is -2.04. The highest BCUT2D eigenvalue weighted by molar-refractivity contribution is 5.52. The van der Waals surface area contributed by atoms with E-state index in [0.29, 0.717) is 17.1 Å². The first-order valence-electron chi connectivity index (χ1n) is 6.53. The normalized spacial score (nSPS) is 10.2. The molecule has 0 spiro atoms. The molecular formula is C14H16N4O3. The highest BCUT2D eigenvalue weighted by atomic mass is 16.6. The van der Waals surface area contributed by atoms with Crippen LogP contribution in [-0.2, 0) is 6.61 Å². The second-order valence-corrected chi connectivity index (χ2v) is 4.39. The molecule has 0 amide bonds. The smallest absolute Gasteiger partial charge is 0.313 e. The Balaban J connectivity index is 2.09. The third kappa shape index (κ3) is 3.65. The Morgan fingerprint density at radius 3 is 2.76 bits per heavy atom. The van der Waals surface area contributed by atoms with E-state index in [-0.39, 0.29) is 18.0 Å². The minimum atomic E-state index is -0.440. The molecule has 110 valence electrons. The molecule has 0 bridgehead atoms. The minimum absolute atomic E-state index is 0.0188. The second-order valence-electron chi connectivity index (χ2n) is 4.39. The van der Waals surface area contributed by atoms with Crippen LogP contribution in [0.1, 0.15) is 18.2 Å². The molecule has 7 heteroatoms. The van der Waals surface area contributed by atoms with Gasteiger partial charge in [0.15, 0.2) is 5.75 Å². The van der Waals surface area contributed by atoms with Crippen molar-refractivity contribution in [2.24, 2.45) is 0 Å². The minimum Gasteiger partial charge on any atom is -0.480 e. The molecule has 0 fully saturated rings. The summed E-state index contributed by atoms with van der Waals surface area (Å²) in [6.45, 7) is 4.54. The molecule has 2 aromatic rings. The fourth-order valence-corrected chi connectivity index (χ4v) is 1.84. The van der Waals surface area contributed by atoms with Crippen molar-refractivity contribution in [1.82, 2.24) is 9.97 Å². The number of benzene rings is 1. The summed E-state index contributed by atoms with van der Waals surface area (Å²) in [7, 11) is 0. The first kappa shape index (κ1) is 14.7. The number of para-hydroxylation sites is 1. The van der Waals surface area contributed by atoms with Crippen molar-refractivity contribution in [2.75, 3.05) is 11.9 Å². The molecule has 21 heavy (non-hydrogen) atoms. The Labute approximate surface area is 122 Å². The van der Waals surface area contributed by atoms with Crippen LogP contribution in [0.2, 0.25) is 0 Å². The summed E-state index contributed by atoms with van der Waals surface area (Å²) in [6.07, 6.45) is 3.19. The lowest BCUT2D eigenvalue weighted by Gasteiger charge is -2.08. The van der Waals surface area contributed by atoms with Gasteiger partial charge in [0, 0.05) is 12.1 Å². The number of hydrogen-bond acceptors (Lipinski definition) is 6. The molecule has 1 heterocycles. The number of hydrogen-bond donors (Lipinski definition) is 1. The highest BCUT2D eigenvalue weighted by Crippen LogP contribution is 2.30. The molecular weight excluding hydrogens is 272 g/mol. The van der Waals surface area contributed by atoms with E-state index in [1.807, 2.05) is 6.92 Å². The van der Waals surface area contributed by atoms with Gasteiger partial charge in [-0.1, -0.05) is 12.1 Å². The van der Waals surface area contributed by atoms with Gasteiger partial charge in [-0.2, -0.15) is 0 Å². The molecule has 0 aliphatic heterocycles. The molecule has 2 rings (SSSR count). The van der Waals surface area contributed by atoms with Gasteiger partial charge >= 0.3 is 5.69 Å². The number of rotatable bonds is 6. The van der Waals surface area contributed by atoms with Crippen LogP contribution in [0.4, 0.5) is 11.5 Å². The molecule has 1 aromatic carbocycles. The average Bonchev–Trinajstić information content (AvgIpc) is 2.46. The largest absolute Gasteiger partial charge is 0.480 e. The first-order valence-corrected chi connectivity index (χ1v) is 6.53. The van der Waals surface area contributed by atoms with Crippen LogP contribution in [0.5, 0.6) is 5.75 Å². The second kappa shape index (κ2) is 6.65. The van der Waals surface area contributed by atoms with Gasteiger partial charge in [0.1, 0.15) is 12.4 Å². The molecule has 0 aliphatic carbocycles. The van der Waals surface area contributed by atoms with Crippen LogP contribution in [0.15, 0.2) is 30.6 Å². The first-order chi connectivity index (χ1) is 10.1. The van der Waals surface area contributed by atoms with Crippen LogP contribution in [-0.4, -0.2) is 21.4 Å². The maximum atomic E-state index is 11.1. The number of aryl methyl sites for hydroxylation is 1. The predicted molar refractivity (Wildman–Crippen MR) is 78.4 cm³/mol. The Morgan fingerprint density at radius 2 is 2.14 bits per heavy atom. The van der Waals surface area contributed by atoms with Gasteiger partial charge in [0.25, 0.3) is 0 Å². The number of aromatic nitrogens is 2. The third-order valence-electron chi connectivity index (χ3n) is 2.82. The van der Waals surface area contributed by atoms with Gasteiger partial charge in [-0.05, 0) is 19.9 Å². The van der Waals surface area contributed by atoms with Gasteiger partial charge in [-0.15, -0.1) is 0 Å². The van der Waals surface area contributed by atoms with Crippen molar-refractivity contribution >= 4 is 11.5 Å². The van der Waals surface area contributed by atoms with Gasteiger partial charge in [0.05, 0.1) is 23.0 Å². The van der Waals surface area contributed by atoms with Crippen molar-refractivity contribution in [3.63, 3.8) is 0 Å². The van der Waals surface area contributed by atoms with E-state index >= 15 is 0 Å². The molecule has 0 atom stereocenters. The standard InChI is InChI=1S/C14H16N4O3/c1-3-15-13-8-16-11(7-17-13)9-21-12-6-4-5-10(2)14(12)18(19)20/h4-8H,3,9H2,1-2H3,(H,15,17). The zero-order valence-electron chi connectivity index (χ0n) is 11.9. The summed E-state index contributed by atoms with van der Waals surface area (Å²) in [5, 5.41) is 14.1. The number of anilines is 1. The van der Waals surface area contributed by atoms with Crippen LogP contribution < -0.4 is 10.1 Å². The summed E-state index contributed by atoms with van der Waals surface area (Å²) in [5.74, 6) is 0.917. The highest BCUT2D eigenvalue weighted by Gasteiger charge is 2.18. The topological polar surface area (TPSA) is 90.2 Å². The fraction of sp³-hybridized carbons (Fsp3) is 0.286. The van der Waals surface area contributed by atoms with Gasteiger partial charge in [-0.25, -0.2) is 4.98 Å². The number of nitro groups is 1. The molecule has 0 unspecified atom stereocenters. The molecule has 0 saturated heterocycles. The summed E-state index contributed by atoms with van der Waals surface area (Å²) in [4.78, 5) is 19.0. The van der Waals surface area contributed by atoms with E-state index in [9.17, 15) is 10.1 Å². The number of ether oxygens (including phenoxy) is 1. The zero-order chi connectivity index (χ0) is 15.2. The van der Waals surface area contributed by atoms with Crippen molar-refractivity contribution in [1.29, 1.82) is 0 Å². The maximum Gasteiger partial charge on any atom is 0.313 e. The Morgan fingerprint density at radius 1 is 1.33 bits per heavy atom.